The third kappa shape index (κ3) is 6.14. The van der Waals surface area contributed by atoms with E-state index in [1.807, 2.05) is 28.8 Å². The number of nitrogens with zero attached hydrogens (tertiary/aromatic N) is 2. The predicted molar refractivity (Wildman–Crippen MR) is 118 cm³/mol. The van der Waals surface area contributed by atoms with E-state index in [0.717, 1.165) is 11.0 Å². The van der Waals surface area contributed by atoms with Gasteiger partial charge in [-0.25, -0.2) is 18.1 Å². The summed E-state index contributed by atoms with van der Waals surface area (Å²) in [4.78, 5) is 37.4. The number of carbonyl (C=O) groups excluding carboxylic acids is 2. The summed E-state index contributed by atoms with van der Waals surface area (Å²) in [5.74, 6) is -1.76. The number of ether oxygens (including phenoxy) is 1. The quantitative estimate of drug-likeness (QED) is 0.352. The lowest BCUT2D eigenvalue weighted by atomic mass is 10.2. The summed E-state index contributed by atoms with van der Waals surface area (Å²) in [6.45, 7) is 1.73. The fourth-order valence-corrected chi connectivity index (χ4v) is 4.43. The zero-order valence-electron chi connectivity index (χ0n) is 17.6. The maximum Gasteiger partial charge on any atom is 0.305 e. The van der Waals surface area contributed by atoms with E-state index in [-0.39, 0.29) is 29.4 Å². The molecule has 0 saturated heterocycles. The Bertz CT molecular complexity index is 1290. The van der Waals surface area contributed by atoms with E-state index in [1.54, 1.807) is 6.33 Å². The Morgan fingerprint density at radius 3 is 2.70 bits per heavy atom. The average Bonchev–Trinajstić information content (AvgIpc) is 3.15. The van der Waals surface area contributed by atoms with Gasteiger partial charge in [0.05, 0.1) is 36.4 Å². The smallest absolute Gasteiger partial charge is 0.305 e. The van der Waals surface area contributed by atoms with Crippen molar-refractivity contribution in [2.75, 3.05) is 11.9 Å². The number of hydrogen-bond acceptors (Lipinski definition) is 7. The van der Waals surface area contributed by atoms with Crippen LogP contribution in [-0.2, 0) is 31.0 Å². The summed E-state index contributed by atoms with van der Waals surface area (Å²) in [7, 11) is -4.31. The van der Waals surface area contributed by atoms with Gasteiger partial charge >= 0.3 is 5.97 Å². The van der Waals surface area contributed by atoms with E-state index in [0.29, 0.717) is 12.2 Å². The van der Waals surface area contributed by atoms with Crippen LogP contribution in [0.4, 0.5) is 5.69 Å². The van der Waals surface area contributed by atoms with Gasteiger partial charge in [0.2, 0.25) is 15.9 Å². The molecule has 0 spiro atoms. The highest BCUT2D eigenvalue weighted by atomic mass is 32.2. The molecule has 12 heteroatoms. The van der Waals surface area contributed by atoms with Crippen molar-refractivity contribution in [3.05, 3.63) is 48.8 Å². The van der Waals surface area contributed by atoms with Crippen LogP contribution < -0.4 is 14.8 Å². The molecule has 1 heterocycles. The van der Waals surface area contributed by atoms with Gasteiger partial charge in [0.25, 0.3) is 0 Å². The fourth-order valence-electron chi connectivity index (χ4n) is 3.13. The predicted octanol–water partition coefficient (Wildman–Crippen LogP) is 1.39. The Kier molecular flexibility index (Phi) is 7.41. The van der Waals surface area contributed by atoms with Gasteiger partial charge in [-0.2, -0.15) is 0 Å². The van der Waals surface area contributed by atoms with Crippen LogP contribution in [0.3, 0.4) is 0 Å². The summed E-state index contributed by atoms with van der Waals surface area (Å²) in [5.41, 5.74) is 1.99. The molecule has 11 nitrogen and oxygen atoms in total. The number of aromatic nitrogens is 2. The molecule has 174 valence electrons. The Balaban J connectivity index is 1.85. The van der Waals surface area contributed by atoms with Gasteiger partial charge in [-0.3, -0.25) is 9.59 Å². The summed E-state index contributed by atoms with van der Waals surface area (Å²) >= 11 is 0. The van der Waals surface area contributed by atoms with Crippen LogP contribution >= 0.6 is 0 Å². The molecule has 2 aromatic carbocycles. The second-order valence-electron chi connectivity index (χ2n) is 7.08. The average molecular weight is 474 g/mol. The first-order valence-electron chi connectivity index (χ1n) is 9.83. The van der Waals surface area contributed by atoms with Crippen molar-refractivity contribution in [1.29, 1.82) is 0 Å². The van der Waals surface area contributed by atoms with Crippen LogP contribution in [0.2, 0.25) is 0 Å². The molecule has 0 aliphatic rings. The number of fused-ring (bicyclic) bond motifs is 1. The number of anilines is 1. The van der Waals surface area contributed by atoms with Crippen LogP contribution in [0.15, 0.2) is 53.7 Å². The lowest BCUT2D eigenvalue weighted by Gasteiger charge is -2.16. The number of rotatable bonds is 11. The first-order valence-corrected chi connectivity index (χ1v) is 11.3. The SMILES string of the molecule is CC(=O)Nc1ccc(S(=O)(=O)NC(C=O)CC(=O)O)c(OCCn2cnc3ccccc32)c1. The molecule has 0 aliphatic carbocycles. The minimum Gasteiger partial charge on any atom is -0.490 e. The minimum atomic E-state index is -4.31. The number of nitrogens with one attached hydrogen (secondary N) is 2. The number of aldehydes is 1. The number of hydrogen-bond donors (Lipinski definition) is 3. The molecule has 33 heavy (non-hydrogen) atoms. The van der Waals surface area contributed by atoms with Crippen molar-refractivity contribution in [2.24, 2.45) is 0 Å². The number of carbonyl (C=O) groups is 3. The minimum absolute atomic E-state index is 0.0681. The van der Waals surface area contributed by atoms with E-state index >= 15 is 0 Å². The molecule has 0 radical (unpaired) electrons. The normalized spacial score (nSPS) is 12.3. The zero-order chi connectivity index (χ0) is 24.0. The number of para-hydroxylation sites is 2. The largest absolute Gasteiger partial charge is 0.490 e. The van der Waals surface area contributed by atoms with Crippen molar-refractivity contribution in [3.8, 4) is 5.75 Å². The lowest BCUT2D eigenvalue weighted by molar-refractivity contribution is -0.138. The highest BCUT2D eigenvalue weighted by molar-refractivity contribution is 7.89. The number of amides is 1. The van der Waals surface area contributed by atoms with Crippen LogP contribution in [0, 0.1) is 0 Å². The highest BCUT2D eigenvalue weighted by Gasteiger charge is 2.25. The van der Waals surface area contributed by atoms with Crippen molar-refractivity contribution in [3.63, 3.8) is 0 Å². The van der Waals surface area contributed by atoms with Gasteiger partial charge in [-0.1, -0.05) is 12.1 Å². The molecule has 0 fully saturated rings. The van der Waals surface area contributed by atoms with E-state index in [9.17, 15) is 22.8 Å². The third-order valence-corrected chi connectivity index (χ3v) is 6.07. The van der Waals surface area contributed by atoms with E-state index in [4.69, 9.17) is 9.84 Å². The van der Waals surface area contributed by atoms with Gasteiger partial charge in [-0.05, 0) is 24.3 Å². The topological polar surface area (TPSA) is 157 Å². The molecular formula is C21H22N4O7S. The standard InChI is InChI=1S/C21H22N4O7S/c1-14(27)23-15-6-7-20(33(30,31)24-16(12-26)11-21(28)29)19(10-15)32-9-8-25-13-22-17-4-2-3-5-18(17)25/h2-7,10,12-13,16,24H,8-9,11H2,1H3,(H,23,27)(H,28,29). The van der Waals surface area contributed by atoms with E-state index in [1.165, 1.54) is 25.1 Å². The van der Waals surface area contributed by atoms with Crippen LogP contribution in [0.25, 0.3) is 11.0 Å². The number of benzene rings is 2. The fraction of sp³-hybridized carbons (Fsp3) is 0.238. The molecule has 3 rings (SSSR count). The summed E-state index contributed by atoms with van der Waals surface area (Å²) in [5, 5.41) is 11.4. The van der Waals surface area contributed by atoms with Crippen LogP contribution in [0.1, 0.15) is 13.3 Å². The Morgan fingerprint density at radius 1 is 1.24 bits per heavy atom. The van der Waals surface area contributed by atoms with Gasteiger partial charge in [-0.15, -0.1) is 0 Å². The van der Waals surface area contributed by atoms with Crippen molar-refractivity contribution in [2.45, 2.75) is 30.8 Å². The Hall–Kier alpha value is -3.77. The number of carboxylic acid groups (broad SMARTS) is 1. The summed E-state index contributed by atoms with van der Waals surface area (Å²) in [6.07, 6.45) is 1.14. The maximum absolute atomic E-state index is 12.9. The van der Waals surface area contributed by atoms with Gasteiger partial charge in [0.15, 0.2) is 0 Å². The highest BCUT2D eigenvalue weighted by Crippen LogP contribution is 2.28. The molecule has 1 unspecified atom stereocenters. The number of sulfonamides is 1. The molecule has 0 bridgehead atoms. The summed E-state index contributed by atoms with van der Waals surface area (Å²) in [6, 6.07) is 9.95. The Morgan fingerprint density at radius 2 is 2.00 bits per heavy atom. The molecule has 1 atom stereocenters. The molecule has 3 N–H and O–H groups in total. The van der Waals surface area contributed by atoms with Crippen molar-refractivity contribution >= 4 is 44.9 Å². The Labute approximate surface area is 189 Å². The molecule has 1 amide bonds. The number of aliphatic carboxylic acids is 1. The van der Waals surface area contributed by atoms with E-state index < -0.39 is 28.5 Å². The maximum atomic E-state index is 12.9. The van der Waals surface area contributed by atoms with Crippen molar-refractivity contribution in [1.82, 2.24) is 14.3 Å². The first kappa shape index (κ1) is 23.9. The second-order valence-corrected chi connectivity index (χ2v) is 8.76. The van der Waals surface area contributed by atoms with Gasteiger partial charge < -0.3 is 24.5 Å². The van der Waals surface area contributed by atoms with Crippen molar-refractivity contribution < 1.29 is 32.6 Å². The molecule has 0 saturated carbocycles. The second kappa shape index (κ2) is 10.2. The first-order chi connectivity index (χ1) is 15.7. The molecule has 3 aromatic rings. The zero-order valence-corrected chi connectivity index (χ0v) is 18.4. The molecule has 1 aromatic heterocycles. The lowest BCUT2D eigenvalue weighted by Crippen LogP contribution is -2.37. The van der Waals surface area contributed by atoms with Gasteiger partial charge in [0.1, 0.15) is 23.5 Å². The van der Waals surface area contributed by atoms with E-state index in [2.05, 4.69) is 15.0 Å². The number of carboxylic acids is 1. The number of imidazole rings is 1. The third-order valence-electron chi connectivity index (χ3n) is 4.54. The van der Waals surface area contributed by atoms with Gasteiger partial charge in [0, 0.05) is 18.7 Å². The summed E-state index contributed by atoms with van der Waals surface area (Å²) < 4.78 is 35.4. The van der Waals surface area contributed by atoms with Crippen LogP contribution in [-0.4, -0.2) is 53.9 Å². The monoisotopic (exact) mass is 474 g/mol. The molecule has 0 aliphatic heterocycles. The van der Waals surface area contributed by atoms with Crippen LogP contribution in [0.5, 0.6) is 5.75 Å². The molecular weight excluding hydrogens is 452 g/mol.